The van der Waals surface area contributed by atoms with Gasteiger partial charge in [0.25, 0.3) is 0 Å². The van der Waals surface area contributed by atoms with Crippen molar-refractivity contribution in [2.75, 3.05) is 6.54 Å². The van der Waals surface area contributed by atoms with Crippen LogP contribution in [0.15, 0.2) is 48.5 Å². The first-order valence-corrected chi connectivity index (χ1v) is 6.73. The van der Waals surface area contributed by atoms with Crippen LogP contribution in [0.2, 0.25) is 5.02 Å². The summed E-state index contributed by atoms with van der Waals surface area (Å²) in [5, 5.41) is 2.66. The molecule has 2 aromatic rings. The van der Waals surface area contributed by atoms with Crippen molar-refractivity contribution in [1.29, 1.82) is 0 Å². The number of hydrogen-bond donors (Lipinski definition) is 1. The number of amides is 1. The minimum absolute atomic E-state index is 0.129. The van der Waals surface area contributed by atoms with Gasteiger partial charge in [-0.3, -0.25) is 9.59 Å². The Morgan fingerprint density at radius 2 is 1.76 bits per heavy atom. The van der Waals surface area contributed by atoms with Gasteiger partial charge in [0.1, 0.15) is 5.82 Å². The highest BCUT2D eigenvalue weighted by molar-refractivity contribution is 6.31. The van der Waals surface area contributed by atoms with Crippen LogP contribution < -0.4 is 5.32 Å². The van der Waals surface area contributed by atoms with E-state index < -0.39 is 11.7 Å². The summed E-state index contributed by atoms with van der Waals surface area (Å²) >= 11 is 5.85. The summed E-state index contributed by atoms with van der Waals surface area (Å²) in [5.74, 6) is -1.19. The molecular formula is C16H13ClFNO2. The first-order valence-electron chi connectivity index (χ1n) is 6.36. The topological polar surface area (TPSA) is 46.2 Å². The van der Waals surface area contributed by atoms with Gasteiger partial charge in [-0.1, -0.05) is 48.0 Å². The van der Waals surface area contributed by atoms with Crippen molar-refractivity contribution in [2.24, 2.45) is 0 Å². The Kier molecular flexibility index (Phi) is 5.06. The van der Waals surface area contributed by atoms with Gasteiger partial charge < -0.3 is 5.32 Å². The quantitative estimate of drug-likeness (QED) is 0.863. The summed E-state index contributed by atoms with van der Waals surface area (Å²) in [7, 11) is 0. The summed E-state index contributed by atoms with van der Waals surface area (Å²) in [6.07, 6.45) is -0.201. The second kappa shape index (κ2) is 6.99. The first-order chi connectivity index (χ1) is 10.1. The second-order valence-corrected chi connectivity index (χ2v) is 4.85. The smallest absolute Gasteiger partial charge is 0.224 e. The lowest BCUT2D eigenvalue weighted by Crippen LogP contribution is -2.31. The predicted octanol–water partition coefficient (Wildman–Crippen LogP) is 3.02. The molecule has 0 fully saturated rings. The van der Waals surface area contributed by atoms with E-state index in [9.17, 15) is 14.0 Å². The SMILES string of the molecule is O=C(Cc1c(F)cccc1Cl)NCC(=O)c1ccccc1. The Morgan fingerprint density at radius 1 is 1.05 bits per heavy atom. The lowest BCUT2D eigenvalue weighted by atomic mass is 10.1. The van der Waals surface area contributed by atoms with E-state index in [0.717, 1.165) is 0 Å². The van der Waals surface area contributed by atoms with Crippen LogP contribution in [-0.2, 0) is 11.2 Å². The highest BCUT2D eigenvalue weighted by Crippen LogP contribution is 2.19. The summed E-state index contributed by atoms with van der Waals surface area (Å²) in [5.41, 5.74) is 0.644. The monoisotopic (exact) mass is 305 g/mol. The van der Waals surface area contributed by atoms with Crippen LogP contribution in [0.4, 0.5) is 4.39 Å². The largest absolute Gasteiger partial charge is 0.348 e. The first kappa shape index (κ1) is 15.2. The zero-order chi connectivity index (χ0) is 15.2. The van der Waals surface area contributed by atoms with Crippen molar-refractivity contribution in [3.63, 3.8) is 0 Å². The maximum absolute atomic E-state index is 13.5. The van der Waals surface area contributed by atoms with Gasteiger partial charge in [-0.05, 0) is 12.1 Å². The number of carbonyl (C=O) groups excluding carboxylic acids is 2. The van der Waals surface area contributed by atoms with Gasteiger partial charge in [0.05, 0.1) is 13.0 Å². The molecule has 1 amide bonds. The van der Waals surface area contributed by atoms with Gasteiger partial charge in [0.15, 0.2) is 5.78 Å². The average Bonchev–Trinajstić information content (AvgIpc) is 2.49. The third-order valence-electron chi connectivity index (χ3n) is 2.94. The molecule has 21 heavy (non-hydrogen) atoms. The minimum Gasteiger partial charge on any atom is -0.348 e. The Morgan fingerprint density at radius 3 is 2.43 bits per heavy atom. The molecule has 108 valence electrons. The van der Waals surface area contributed by atoms with Crippen molar-refractivity contribution in [2.45, 2.75) is 6.42 Å². The van der Waals surface area contributed by atoms with Crippen LogP contribution in [-0.4, -0.2) is 18.2 Å². The highest BCUT2D eigenvalue weighted by atomic mass is 35.5. The zero-order valence-corrected chi connectivity index (χ0v) is 11.9. The Labute approximate surface area is 126 Å². The van der Waals surface area contributed by atoms with Crippen LogP contribution in [0.5, 0.6) is 0 Å². The van der Waals surface area contributed by atoms with Crippen molar-refractivity contribution < 1.29 is 14.0 Å². The number of carbonyl (C=O) groups is 2. The number of Topliss-reactive ketones (excluding diaryl/α,β-unsaturated/α-hetero) is 1. The summed E-state index contributed by atoms with van der Waals surface area (Å²) in [6.45, 7) is -0.130. The maximum Gasteiger partial charge on any atom is 0.224 e. The lowest BCUT2D eigenvalue weighted by molar-refractivity contribution is -0.120. The van der Waals surface area contributed by atoms with Gasteiger partial charge >= 0.3 is 0 Å². The molecule has 0 saturated heterocycles. The van der Waals surface area contributed by atoms with Gasteiger partial charge in [0.2, 0.25) is 5.91 Å². The van der Waals surface area contributed by atoms with E-state index in [2.05, 4.69) is 5.32 Å². The fraction of sp³-hybridized carbons (Fsp3) is 0.125. The molecule has 0 spiro atoms. The zero-order valence-electron chi connectivity index (χ0n) is 11.1. The van der Waals surface area contributed by atoms with Crippen LogP contribution in [0, 0.1) is 5.82 Å². The molecule has 2 aromatic carbocycles. The van der Waals surface area contributed by atoms with Gasteiger partial charge in [0, 0.05) is 16.1 Å². The van der Waals surface area contributed by atoms with Crippen molar-refractivity contribution >= 4 is 23.3 Å². The maximum atomic E-state index is 13.5. The molecule has 2 rings (SSSR count). The van der Waals surface area contributed by atoms with E-state index in [-0.39, 0.29) is 29.3 Å². The van der Waals surface area contributed by atoms with Crippen LogP contribution in [0.25, 0.3) is 0 Å². The van der Waals surface area contributed by atoms with Crippen LogP contribution >= 0.6 is 11.6 Å². The molecular weight excluding hydrogens is 293 g/mol. The molecule has 0 heterocycles. The average molecular weight is 306 g/mol. The van der Waals surface area contributed by atoms with Crippen molar-refractivity contribution in [1.82, 2.24) is 5.32 Å². The van der Waals surface area contributed by atoms with Crippen LogP contribution in [0.1, 0.15) is 15.9 Å². The fourth-order valence-corrected chi connectivity index (χ4v) is 2.06. The minimum atomic E-state index is -0.535. The fourth-order valence-electron chi connectivity index (χ4n) is 1.83. The molecule has 0 aliphatic rings. The molecule has 0 bridgehead atoms. The number of halogens is 2. The predicted molar refractivity (Wildman–Crippen MR) is 78.9 cm³/mol. The third kappa shape index (κ3) is 4.13. The van der Waals surface area contributed by atoms with E-state index in [1.165, 1.54) is 18.2 Å². The van der Waals surface area contributed by atoms with Crippen LogP contribution in [0.3, 0.4) is 0 Å². The lowest BCUT2D eigenvalue weighted by Gasteiger charge is -2.07. The number of benzene rings is 2. The third-order valence-corrected chi connectivity index (χ3v) is 3.30. The molecule has 0 aliphatic heterocycles. The summed E-state index contributed by atoms with van der Waals surface area (Å²) < 4.78 is 13.5. The molecule has 5 heteroatoms. The molecule has 0 atom stereocenters. The van der Waals surface area contributed by atoms with Gasteiger partial charge in [-0.15, -0.1) is 0 Å². The van der Waals surface area contributed by atoms with Crippen molar-refractivity contribution in [3.05, 3.63) is 70.5 Å². The molecule has 0 aromatic heterocycles. The van der Waals surface area contributed by atoms with Gasteiger partial charge in [-0.2, -0.15) is 0 Å². The van der Waals surface area contributed by atoms with Gasteiger partial charge in [-0.25, -0.2) is 4.39 Å². The van der Waals surface area contributed by atoms with Crippen molar-refractivity contribution in [3.8, 4) is 0 Å². The molecule has 0 unspecified atom stereocenters. The van der Waals surface area contributed by atoms with E-state index in [0.29, 0.717) is 5.56 Å². The summed E-state index contributed by atoms with van der Waals surface area (Å²) in [4.78, 5) is 23.6. The molecule has 0 radical (unpaired) electrons. The molecule has 0 saturated carbocycles. The number of rotatable bonds is 5. The molecule has 3 nitrogen and oxygen atoms in total. The normalized spacial score (nSPS) is 10.2. The Balaban J connectivity index is 1.92. The standard InChI is InChI=1S/C16H13ClFNO2/c17-13-7-4-8-14(18)12(13)9-16(21)19-10-15(20)11-5-2-1-3-6-11/h1-8H,9-10H2,(H,19,21). The van der Waals surface area contributed by atoms with E-state index in [1.54, 1.807) is 30.3 Å². The van der Waals surface area contributed by atoms with E-state index in [1.807, 2.05) is 0 Å². The Hall–Kier alpha value is -2.20. The number of ketones is 1. The summed E-state index contributed by atoms with van der Waals surface area (Å²) in [6, 6.07) is 12.9. The second-order valence-electron chi connectivity index (χ2n) is 4.44. The number of hydrogen-bond acceptors (Lipinski definition) is 2. The number of nitrogens with one attached hydrogen (secondary N) is 1. The van der Waals surface area contributed by atoms with E-state index >= 15 is 0 Å². The highest BCUT2D eigenvalue weighted by Gasteiger charge is 2.13. The molecule has 1 N–H and O–H groups in total. The molecule has 0 aliphatic carbocycles. The Bertz CT molecular complexity index is 638. The van der Waals surface area contributed by atoms with E-state index in [4.69, 9.17) is 11.6 Å².